The maximum atomic E-state index is 12.7. The standard InChI is InChI=1S/C30H24N2O2.CH2Cl2/c1-31(27-11-7-4-8-12-27)30(34)26-19-15-23(16-20-26)13-14-24-17-21-28(22-18-24)32(2)29(33)25-9-5-3-6-10-25;2-1-3/h3-12,15-22H,1-2H3;1H2. The second-order valence-electron chi connectivity index (χ2n) is 7.91. The zero-order valence-corrected chi connectivity index (χ0v) is 22.1. The zero-order valence-electron chi connectivity index (χ0n) is 20.6. The van der Waals surface area contributed by atoms with Crippen LogP contribution in [0.3, 0.4) is 0 Å². The van der Waals surface area contributed by atoms with Crippen molar-refractivity contribution in [3.8, 4) is 11.8 Å². The zero-order chi connectivity index (χ0) is 26.6. The summed E-state index contributed by atoms with van der Waals surface area (Å²) in [6.07, 6.45) is 0. The number of para-hydroxylation sites is 1. The predicted octanol–water partition coefficient (Wildman–Crippen LogP) is 7.06. The van der Waals surface area contributed by atoms with Gasteiger partial charge < -0.3 is 9.80 Å². The van der Waals surface area contributed by atoms with Crippen LogP contribution in [-0.4, -0.2) is 31.2 Å². The quantitative estimate of drug-likeness (QED) is 0.210. The molecule has 0 bridgehead atoms. The Morgan fingerprint density at radius 1 is 0.568 bits per heavy atom. The minimum Gasteiger partial charge on any atom is -0.311 e. The number of rotatable bonds is 4. The maximum Gasteiger partial charge on any atom is 0.258 e. The summed E-state index contributed by atoms with van der Waals surface area (Å²) in [6.45, 7) is 0. The van der Waals surface area contributed by atoms with E-state index in [2.05, 4.69) is 11.8 Å². The lowest BCUT2D eigenvalue weighted by Crippen LogP contribution is -2.26. The van der Waals surface area contributed by atoms with E-state index in [-0.39, 0.29) is 17.2 Å². The lowest BCUT2D eigenvalue weighted by molar-refractivity contribution is 0.0985. The monoisotopic (exact) mass is 528 g/mol. The molecule has 0 atom stereocenters. The third kappa shape index (κ3) is 7.72. The van der Waals surface area contributed by atoms with E-state index in [1.54, 1.807) is 48.2 Å². The molecule has 0 aliphatic carbocycles. The van der Waals surface area contributed by atoms with Crippen LogP contribution in [-0.2, 0) is 0 Å². The van der Waals surface area contributed by atoms with Crippen molar-refractivity contribution in [1.82, 2.24) is 0 Å². The average Bonchev–Trinajstić information content (AvgIpc) is 2.96. The summed E-state index contributed by atoms with van der Waals surface area (Å²) in [6, 6.07) is 33.6. The molecule has 4 aromatic rings. The normalized spacial score (nSPS) is 9.73. The average molecular weight is 529 g/mol. The lowest BCUT2D eigenvalue weighted by Gasteiger charge is -2.17. The number of halogens is 2. The number of alkyl halides is 2. The molecule has 6 heteroatoms. The third-order valence-electron chi connectivity index (χ3n) is 5.51. The van der Waals surface area contributed by atoms with Gasteiger partial charge in [-0.2, -0.15) is 0 Å². The Morgan fingerprint density at radius 2 is 0.919 bits per heavy atom. The van der Waals surface area contributed by atoms with E-state index in [9.17, 15) is 9.59 Å². The molecule has 0 saturated heterocycles. The summed E-state index contributed by atoms with van der Waals surface area (Å²) in [4.78, 5) is 28.6. The molecule has 0 radical (unpaired) electrons. The van der Waals surface area contributed by atoms with Gasteiger partial charge in [0.15, 0.2) is 0 Å². The number of hydrogen-bond donors (Lipinski definition) is 0. The maximum absolute atomic E-state index is 12.7. The molecule has 0 aliphatic rings. The first kappa shape index (κ1) is 27.5. The first-order valence-electron chi connectivity index (χ1n) is 11.4. The van der Waals surface area contributed by atoms with Gasteiger partial charge in [-0.15, -0.1) is 23.2 Å². The molecule has 0 saturated carbocycles. The SMILES string of the molecule is CN(C(=O)c1ccc(C#Cc2ccc(N(C)C(=O)c3ccccc3)cc2)cc1)c1ccccc1.ClCCl. The number of amides is 2. The van der Waals surface area contributed by atoms with Crippen molar-refractivity contribution in [2.24, 2.45) is 0 Å². The van der Waals surface area contributed by atoms with Crippen molar-refractivity contribution in [3.05, 3.63) is 131 Å². The van der Waals surface area contributed by atoms with Crippen LogP contribution in [0.5, 0.6) is 0 Å². The fraction of sp³-hybridized carbons (Fsp3) is 0.0968. The van der Waals surface area contributed by atoms with E-state index in [1.807, 2.05) is 84.9 Å². The molecule has 37 heavy (non-hydrogen) atoms. The molecule has 2 amide bonds. The topological polar surface area (TPSA) is 40.6 Å². The summed E-state index contributed by atoms with van der Waals surface area (Å²) in [5, 5.41) is 0.194. The highest BCUT2D eigenvalue weighted by Gasteiger charge is 2.13. The van der Waals surface area contributed by atoms with Gasteiger partial charge in [0.1, 0.15) is 0 Å². The van der Waals surface area contributed by atoms with Crippen LogP contribution >= 0.6 is 23.2 Å². The third-order valence-corrected chi connectivity index (χ3v) is 5.51. The van der Waals surface area contributed by atoms with E-state index >= 15 is 0 Å². The highest BCUT2D eigenvalue weighted by molar-refractivity contribution is 6.40. The summed E-state index contributed by atoms with van der Waals surface area (Å²) in [5.41, 5.74) is 4.55. The fourth-order valence-corrected chi connectivity index (χ4v) is 3.46. The van der Waals surface area contributed by atoms with Crippen molar-refractivity contribution in [1.29, 1.82) is 0 Å². The molecule has 0 unspecified atom stereocenters. The Labute approximate surface area is 228 Å². The highest BCUT2D eigenvalue weighted by Crippen LogP contribution is 2.17. The Bertz CT molecular complexity index is 1360. The van der Waals surface area contributed by atoms with Crippen molar-refractivity contribution in [2.45, 2.75) is 0 Å². The molecule has 0 aromatic heterocycles. The van der Waals surface area contributed by atoms with Crippen molar-refractivity contribution < 1.29 is 9.59 Å². The van der Waals surface area contributed by atoms with E-state index in [0.29, 0.717) is 11.1 Å². The van der Waals surface area contributed by atoms with Crippen LogP contribution in [0.15, 0.2) is 109 Å². The summed E-state index contributed by atoms with van der Waals surface area (Å²) < 4.78 is 0. The van der Waals surface area contributed by atoms with E-state index in [0.717, 1.165) is 22.5 Å². The van der Waals surface area contributed by atoms with E-state index in [1.165, 1.54) is 0 Å². The van der Waals surface area contributed by atoms with Crippen LogP contribution < -0.4 is 9.80 Å². The van der Waals surface area contributed by atoms with Crippen LogP contribution in [0.2, 0.25) is 0 Å². The highest BCUT2D eigenvalue weighted by atomic mass is 35.5. The molecule has 0 N–H and O–H groups in total. The molecular formula is C31H26Cl2N2O2. The second-order valence-corrected chi connectivity index (χ2v) is 8.71. The molecule has 0 spiro atoms. The number of nitrogens with zero attached hydrogens (tertiary/aromatic N) is 2. The first-order chi connectivity index (χ1) is 17.9. The number of carbonyl (C=O) groups is 2. The molecular weight excluding hydrogens is 503 g/mol. The van der Waals surface area contributed by atoms with Crippen molar-refractivity contribution >= 4 is 46.4 Å². The number of anilines is 2. The van der Waals surface area contributed by atoms with Gasteiger partial charge in [-0.25, -0.2) is 0 Å². The predicted molar refractivity (Wildman–Crippen MR) is 154 cm³/mol. The Hall–Kier alpha value is -4.04. The fourth-order valence-electron chi connectivity index (χ4n) is 3.46. The van der Waals surface area contributed by atoms with Crippen molar-refractivity contribution in [2.75, 3.05) is 29.2 Å². The van der Waals surface area contributed by atoms with Gasteiger partial charge in [-0.05, 0) is 72.8 Å². The molecule has 0 heterocycles. The van der Waals surface area contributed by atoms with Gasteiger partial charge in [0, 0.05) is 47.7 Å². The second kappa shape index (κ2) is 13.9. The van der Waals surface area contributed by atoms with Gasteiger partial charge in [-0.1, -0.05) is 48.2 Å². The first-order valence-corrected chi connectivity index (χ1v) is 12.5. The molecule has 4 nitrogen and oxygen atoms in total. The molecule has 0 fully saturated rings. The molecule has 0 aliphatic heterocycles. The number of carbonyl (C=O) groups excluding carboxylic acids is 2. The van der Waals surface area contributed by atoms with Crippen LogP contribution in [0.25, 0.3) is 0 Å². The van der Waals surface area contributed by atoms with Gasteiger partial charge in [0.05, 0.1) is 5.34 Å². The summed E-state index contributed by atoms with van der Waals surface area (Å²) >= 11 is 9.53. The van der Waals surface area contributed by atoms with Gasteiger partial charge in [0.2, 0.25) is 0 Å². The largest absolute Gasteiger partial charge is 0.311 e. The Balaban J connectivity index is 0.00000121. The van der Waals surface area contributed by atoms with Crippen LogP contribution in [0.4, 0.5) is 11.4 Å². The van der Waals surface area contributed by atoms with Crippen molar-refractivity contribution in [3.63, 3.8) is 0 Å². The van der Waals surface area contributed by atoms with Crippen LogP contribution in [0.1, 0.15) is 31.8 Å². The molecule has 186 valence electrons. The Kier molecular flexibility index (Phi) is 10.3. The molecule has 4 rings (SSSR count). The molecule has 4 aromatic carbocycles. The van der Waals surface area contributed by atoms with Crippen LogP contribution in [0, 0.1) is 11.8 Å². The van der Waals surface area contributed by atoms with Gasteiger partial charge in [-0.3, -0.25) is 9.59 Å². The minimum absolute atomic E-state index is 0.0630. The van der Waals surface area contributed by atoms with E-state index in [4.69, 9.17) is 23.2 Å². The van der Waals surface area contributed by atoms with E-state index < -0.39 is 0 Å². The number of benzene rings is 4. The smallest absolute Gasteiger partial charge is 0.258 e. The minimum atomic E-state index is -0.0736. The van der Waals surface area contributed by atoms with Gasteiger partial charge >= 0.3 is 0 Å². The van der Waals surface area contributed by atoms with Gasteiger partial charge in [0.25, 0.3) is 11.8 Å². The summed E-state index contributed by atoms with van der Waals surface area (Å²) in [7, 11) is 3.52. The Morgan fingerprint density at radius 3 is 1.38 bits per heavy atom. The lowest BCUT2D eigenvalue weighted by atomic mass is 10.1. The summed E-state index contributed by atoms with van der Waals surface area (Å²) in [5.74, 6) is 6.13. The number of hydrogen-bond acceptors (Lipinski definition) is 2.